The van der Waals surface area contributed by atoms with Gasteiger partial charge in [-0.2, -0.15) is 0 Å². The molecule has 8 heteroatoms. The number of benzene rings is 2. The molecular weight excluding hydrogens is 479 g/mol. The number of nitrogens with one attached hydrogen (secondary N) is 1. The van der Waals surface area contributed by atoms with Crippen LogP contribution in [0.1, 0.15) is 41.5 Å². The van der Waals surface area contributed by atoms with E-state index in [9.17, 15) is 9.18 Å². The molecule has 0 radical (unpaired) electrons. The van der Waals surface area contributed by atoms with Crippen molar-refractivity contribution in [3.05, 3.63) is 94.7 Å². The number of ether oxygens (including phenoxy) is 1. The second-order valence-electron chi connectivity index (χ2n) is 8.94. The van der Waals surface area contributed by atoms with Gasteiger partial charge < -0.3 is 15.0 Å². The number of amides is 1. The first-order valence-corrected chi connectivity index (χ1v) is 12.6. The number of halogens is 2. The van der Waals surface area contributed by atoms with Gasteiger partial charge in [-0.05, 0) is 60.5 Å². The topological polar surface area (TPSA) is 58.9 Å². The van der Waals surface area contributed by atoms with Gasteiger partial charge in [-0.25, -0.2) is 9.37 Å². The highest BCUT2D eigenvalue weighted by molar-refractivity contribution is 6.30. The number of carbonyl (C=O) groups excluding carboxylic acids is 1. The number of hydrogen-bond acceptors (Lipinski definition) is 4. The molecule has 1 N–H and O–H groups in total. The average molecular weight is 507 g/mol. The van der Waals surface area contributed by atoms with Gasteiger partial charge in [-0.1, -0.05) is 30.7 Å². The number of hydrogen-bond donors (Lipinski definition) is 1. The third kappa shape index (κ3) is 5.31. The van der Waals surface area contributed by atoms with Crippen LogP contribution in [0.15, 0.2) is 66.9 Å². The number of fused-ring (bicyclic) bond motifs is 1. The predicted octanol–water partition coefficient (Wildman–Crippen LogP) is 5.67. The molecule has 0 aliphatic carbocycles. The number of carbonyl (C=O) groups is 1. The van der Waals surface area contributed by atoms with Crippen molar-refractivity contribution in [1.29, 1.82) is 0 Å². The molecule has 2 aromatic carbocycles. The van der Waals surface area contributed by atoms with Crippen molar-refractivity contribution in [3.8, 4) is 5.75 Å². The lowest BCUT2D eigenvalue weighted by Crippen LogP contribution is -2.38. The summed E-state index contributed by atoms with van der Waals surface area (Å²) >= 11 is 6.15. The minimum absolute atomic E-state index is 0.128. The molecule has 1 aliphatic rings. The van der Waals surface area contributed by atoms with Crippen LogP contribution in [-0.2, 0) is 13.0 Å². The first-order valence-electron chi connectivity index (χ1n) is 12.2. The summed E-state index contributed by atoms with van der Waals surface area (Å²) in [4.78, 5) is 19.9. The van der Waals surface area contributed by atoms with E-state index in [1.807, 2.05) is 25.1 Å². The van der Waals surface area contributed by atoms with Gasteiger partial charge in [-0.15, -0.1) is 0 Å². The van der Waals surface area contributed by atoms with Crippen LogP contribution < -0.4 is 15.0 Å². The summed E-state index contributed by atoms with van der Waals surface area (Å²) < 4.78 is 20.8. The number of piperidine rings is 1. The normalized spacial score (nSPS) is 14.2. The van der Waals surface area contributed by atoms with Crippen molar-refractivity contribution < 1.29 is 13.9 Å². The van der Waals surface area contributed by atoms with E-state index in [2.05, 4.69) is 27.3 Å². The fourth-order valence-electron chi connectivity index (χ4n) is 4.58. The molecule has 6 nitrogen and oxygen atoms in total. The molecule has 1 aliphatic heterocycles. The van der Waals surface area contributed by atoms with Gasteiger partial charge in [-0.3, -0.25) is 9.20 Å². The van der Waals surface area contributed by atoms with Crippen LogP contribution in [0.2, 0.25) is 5.02 Å². The first kappa shape index (κ1) is 24.1. The summed E-state index contributed by atoms with van der Waals surface area (Å²) in [7, 11) is 0. The lowest BCUT2D eigenvalue weighted by Gasteiger charge is -2.33. The third-order valence-electron chi connectivity index (χ3n) is 6.52. The van der Waals surface area contributed by atoms with Crippen LogP contribution in [-0.4, -0.2) is 34.5 Å². The van der Waals surface area contributed by atoms with E-state index >= 15 is 0 Å². The summed E-state index contributed by atoms with van der Waals surface area (Å²) in [5.41, 5.74) is 4.15. The van der Waals surface area contributed by atoms with E-state index in [1.165, 1.54) is 12.1 Å². The SMILES string of the molecule is CCc1nc2ccc(Cl)cn2c1C(=O)NCc1ccc(N2CCC(Oc3ccc(F)cc3)CC2)cc1. The molecular formula is C28H28ClFN4O2. The Hall–Kier alpha value is -3.58. The molecule has 1 fully saturated rings. The van der Waals surface area contributed by atoms with Crippen LogP contribution >= 0.6 is 11.6 Å². The Labute approximate surface area is 214 Å². The van der Waals surface area contributed by atoms with Gasteiger partial charge in [0.25, 0.3) is 5.91 Å². The number of rotatable bonds is 7. The van der Waals surface area contributed by atoms with Crippen LogP contribution in [0.3, 0.4) is 0 Å². The molecule has 0 spiro atoms. The Morgan fingerprint density at radius 3 is 2.50 bits per heavy atom. The minimum atomic E-state index is -0.258. The van der Waals surface area contributed by atoms with Gasteiger partial charge in [0, 0.05) is 44.4 Å². The molecule has 0 atom stereocenters. The van der Waals surface area contributed by atoms with E-state index in [0.717, 1.165) is 42.9 Å². The highest BCUT2D eigenvalue weighted by Gasteiger charge is 2.21. The molecule has 4 aromatic rings. The van der Waals surface area contributed by atoms with E-state index in [1.54, 1.807) is 28.8 Å². The van der Waals surface area contributed by atoms with Crippen molar-refractivity contribution in [1.82, 2.24) is 14.7 Å². The van der Waals surface area contributed by atoms with Crippen molar-refractivity contribution in [2.24, 2.45) is 0 Å². The Kier molecular flexibility index (Phi) is 7.09. The zero-order valence-electron chi connectivity index (χ0n) is 20.1. The van der Waals surface area contributed by atoms with Gasteiger partial charge in [0.1, 0.15) is 29.0 Å². The zero-order chi connectivity index (χ0) is 25.1. The van der Waals surface area contributed by atoms with Crippen molar-refractivity contribution in [3.63, 3.8) is 0 Å². The summed E-state index contributed by atoms with van der Waals surface area (Å²) in [6.07, 6.45) is 4.31. The third-order valence-corrected chi connectivity index (χ3v) is 6.74. The molecule has 1 amide bonds. The Morgan fingerprint density at radius 2 is 1.81 bits per heavy atom. The van der Waals surface area contributed by atoms with Crippen molar-refractivity contribution in [2.45, 2.75) is 38.8 Å². The molecule has 5 rings (SSSR count). The fourth-order valence-corrected chi connectivity index (χ4v) is 4.74. The Morgan fingerprint density at radius 1 is 1.08 bits per heavy atom. The summed E-state index contributed by atoms with van der Waals surface area (Å²) in [5, 5.41) is 3.58. The van der Waals surface area contributed by atoms with Crippen LogP contribution in [0, 0.1) is 5.82 Å². The summed E-state index contributed by atoms with van der Waals surface area (Å²) in [5.74, 6) is 0.277. The van der Waals surface area contributed by atoms with Crippen molar-refractivity contribution in [2.75, 3.05) is 18.0 Å². The summed E-state index contributed by atoms with van der Waals surface area (Å²) in [6.45, 7) is 4.18. The molecule has 0 bridgehead atoms. The average Bonchev–Trinajstić information content (AvgIpc) is 3.27. The Bertz CT molecular complexity index is 1350. The van der Waals surface area contributed by atoms with Gasteiger partial charge >= 0.3 is 0 Å². The largest absolute Gasteiger partial charge is 0.490 e. The zero-order valence-corrected chi connectivity index (χ0v) is 20.8. The molecule has 36 heavy (non-hydrogen) atoms. The second-order valence-corrected chi connectivity index (χ2v) is 9.38. The van der Waals surface area contributed by atoms with Gasteiger partial charge in [0.15, 0.2) is 0 Å². The fraction of sp³-hybridized carbons (Fsp3) is 0.286. The number of aryl methyl sites for hydroxylation is 1. The predicted molar refractivity (Wildman–Crippen MR) is 139 cm³/mol. The molecule has 1 saturated heterocycles. The maximum atomic E-state index is 13.1. The lowest BCUT2D eigenvalue weighted by atomic mass is 10.1. The molecule has 0 saturated carbocycles. The smallest absolute Gasteiger partial charge is 0.270 e. The van der Waals surface area contributed by atoms with Crippen LogP contribution in [0.4, 0.5) is 10.1 Å². The van der Waals surface area contributed by atoms with Gasteiger partial charge in [0.05, 0.1) is 10.7 Å². The van der Waals surface area contributed by atoms with Crippen LogP contribution in [0.25, 0.3) is 5.65 Å². The number of imidazole rings is 1. The van der Waals surface area contributed by atoms with E-state index in [4.69, 9.17) is 16.3 Å². The van der Waals surface area contributed by atoms with E-state index in [0.29, 0.717) is 35.1 Å². The van der Waals surface area contributed by atoms with Gasteiger partial charge in [0.2, 0.25) is 0 Å². The minimum Gasteiger partial charge on any atom is -0.490 e. The quantitative estimate of drug-likeness (QED) is 0.351. The highest BCUT2D eigenvalue weighted by atomic mass is 35.5. The highest BCUT2D eigenvalue weighted by Crippen LogP contribution is 2.24. The molecule has 0 unspecified atom stereocenters. The number of aromatic nitrogens is 2. The monoisotopic (exact) mass is 506 g/mol. The molecule has 186 valence electrons. The number of anilines is 1. The lowest BCUT2D eigenvalue weighted by molar-refractivity contribution is 0.0944. The first-order chi connectivity index (χ1) is 17.5. The van der Waals surface area contributed by atoms with Crippen molar-refractivity contribution >= 4 is 28.8 Å². The molecule has 2 aromatic heterocycles. The number of pyridine rings is 1. The van der Waals surface area contributed by atoms with E-state index in [-0.39, 0.29) is 17.8 Å². The Balaban J connectivity index is 1.16. The van der Waals surface area contributed by atoms with E-state index < -0.39 is 0 Å². The standard InChI is InChI=1S/C28H28ClFN4O2/c1-2-25-27(34-18-20(29)5-12-26(34)32-25)28(35)31-17-19-3-8-22(9-4-19)33-15-13-24(14-16-33)36-23-10-6-21(30)7-11-23/h3-12,18,24H,2,13-17H2,1H3,(H,31,35). The number of nitrogens with zero attached hydrogens (tertiary/aromatic N) is 3. The van der Waals surface area contributed by atoms with Crippen LogP contribution in [0.5, 0.6) is 5.75 Å². The second kappa shape index (κ2) is 10.6. The maximum Gasteiger partial charge on any atom is 0.270 e. The molecule has 3 heterocycles. The summed E-state index contributed by atoms with van der Waals surface area (Å²) in [6, 6.07) is 18.0. The maximum absolute atomic E-state index is 13.1.